The third-order valence-electron chi connectivity index (χ3n) is 4.85. The van der Waals surface area contributed by atoms with Crippen molar-refractivity contribution < 1.29 is 9.53 Å². The Morgan fingerprint density at radius 1 is 0.920 bits per heavy atom. The summed E-state index contributed by atoms with van der Waals surface area (Å²) in [6, 6.07) is 6.79. The van der Waals surface area contributed by atoms with Crippen molar-refractivity contribution >= 4 is 5.78 Å². The molecule has 2 nitrogen and oxygen atoms in total. The van der Waals surface area contributed by atoms with Crippen molar-refractivity contribution in [2.75, 3.05) is 0 Å². The van der Waals surface area contributed by atoms with Gasteiger partial charge in [0.1, 0.15) is 6.10 Å². The highest BCUT2D eigenvalue weighted by Crippen LogP contribution is 2.30. The van der Waals surface area contributed by atoms with Gasteiger partial charge in [-0.05, 0) is 46.8 Å². The van der Waals surface area contributed by atoms with Gasteiger partial charge in [0.05, 0.1) is 6.61 Å². The van der Waals surface area contributed by atoms with Gasteiger partial charge in [-0.25, -0.2) is 0 Å². The van der Waals surface area contributed by atoms with Gasteiger partial charge in [0.2, 0.25) is 0 Å². The van der Waals surface area contributed by atoms with Crippen LogP contribution in [0.15, 0.2) is 30.4 Å². The van der Waals surface area contributed by atoms with Crippen LogP contribution >= 0.6 is 0 Å². The lowest BCUT2D eigenvalue weighted by atomic mass is 9.79. The molecule has 0 radical (unpaired) electrons. The smallest absolute Gasteiger partial charge is 0.161 e. The monoisotopic (exact) mass is 342 g/mol. The van der Waals surface area contributed by atoms with E-state index in [-0.39, 0.29) is 22.7 Å². The Balaban J connectivity index is 2.20. The maximum atomic E-state index is 12.3. The molecule has 1 atom stereocenters. The minimum Gasteiger partial charge on any atom is -0.366 e. The Morgan fingerprint density at radius 3 is 2.04 bits per heavy atom. The Morgan fingerprint density at radius 2 is 1.48 bits per heavy atom. The second-order valence-electron chi connectivity index (χ2n) is 9.27. The summed E-state index contributed by atoms with van der Waals surface area (Å²) in [6.07, 6.45) is 7.16. The fourth-order valence-electron chi connectivity index (χ4n) is 3.05. The van der Waals surface area contributed by atoms with E-state index in [2.05, 4.69) is 71.9 Å². The molecule has 0 N–H and O–H groups in total. The number of hydrogen-bond acceptors (Lipinski definition) is 2. The minimum atomic E-state index is -0.263. The van der Waals surface area contributed by atoms with E-state index in [1.807, 2.05) is 0 Å². The van der Waals surface area contributed by atoms with Gasteiger partial charge in [-0.3, -0.25) is 4.79 Å². The number of ketones is 1. The summed E-state index contributed by atoms with van der Waals surface area (Å²) >= 11 is 0. The molecule has 0 amide bonds. The summed E-state index contributed by atoms with van der Waals surface area (Å²) in [5.74, 6) is 0.243. The Bertz CT molecular complexity index is 594. The lowest BCUT2D eigenvalue weighted by molar-refractivity contribution is -0.131. The average molecular weight is 343 g/mol. The van der Waals surface area contributed by atoms with Crippen molar-refractivity contribution in [1.29, 1.82) is 0 Å². The van der Waals surface area contributed by atoms with E-state index in [0.717, 1.165) is 19.3 Å². The summed E-state index contributed by atoms with van der Waals surface area (Å²) in [4.78, 5) is 12.3. The molecule has 1 aromatic carbocycles. The Hall–Kier alpha value is -1.41. The second kappa shape index (κ2) is 7.86. The molecule has 1 aliphatic rings. The molecule has 0 aliphatic heterocycles. The van der Waals surface area contributed by atoms with Crippen LogP contribution < -0.4 is 0 Å². The zero-order chi connectivity index (χ0) is 18.7. The van der Waals surface area contributed by atoms with Gasteiger partial charge in [-0.1, -0.05) is 71.9 Å². The number of benzene rings is 1. The number of ether oxygens (including phenoxy) is 1. The molecule has 0 saturated heterocycles. The largest absolute Gasteiger partial charge is 0.366 e. The topological polar surface area (TPSA) is 26.3 Å². The number of rotatable bonds is 3. The van der Waals surface area contributed by atoms with Crippen LogP contribution in [0.4, 0.5) is 0 Å². The second-order valence-corrected chi connectivity index (χ2v) is 9.27. The number of hydrogen-bond donors (Lipinski definition) is 0. The maximum absolute atomic E-state index is 12.3. The predicted octanol–water partition coefficient (Wildman–Crippen LogP) is 5.87. The molecule has 138 valence electrons. The van der Waals surface area contributed by atoms with Crippen molar-refractivity contribution in [3.63, 3.8) is 0 Å². The van der Waals surface area contributed by atoms with Crippen molar-refractivity contribution in [2.45, 2.75) is 90.8 Å². The van der Waals surface area contributed by atoms with Crippen molar-refractivity contribution in [1.82, 2.24) is 0 Å². The number of Topliss-reactive ketones (excluding diaryl/α,β-unsaturated/α-hetero) is 1. The molecule has 0 saturated carbocycles. The molecule has 0 unspecified atom stereocenters. The lowest BCUT2D eigenvalue weighted by Gasteiger charge is -2.26. The molecule has 2 rings (SSSR count). The number of carbonyl (C=O) groups excluding carboxylic acids is 1. The molecule has 2 heteroatoms. The molecule has 0 bridgehead atoms. The molecular weight excluding hydrogens is 308 g/mol. The molecular formula is C23H34O2. The number of carbonyl (C=O) groups is 1. The third-order valence-corrected chi connectivity index (χ3v) is 4.85. The van der Waals surface area contributed by atoms with Crippen molar-refractivity contribution in [3.8, 4) is 0 Å². The van der Waals surface area contributed by atoms with Gasteiger partial charge >= 0.3 is 0 Å². The maximum Gasteiger partial charge on any atom is 0.161 e. The van der Waals surface area contributed by atoms with E-state index >= 15 is 0 Å². The van der Waals surface area contributed by atoms with Crippen LogP contribution in [0.2, 0.25) is 0 Å². The van der Waals surface area contributed by atoms with Crippen LogP contribution in [-0.2, 0) is 27.0 Å². The van der Waals surface area contributed by atoms with Crippen LogP contribution in [0.25, 0.3) is 0 Å². The minimum absolute atomic E-state index is 0.0941. The summed E-state index contributed by atoms with van der Waals surface area (Å²) < 4.78 is 6.07. The van der Waals surface area contributed by atoms with E-state index in [9.17, 15) is 4.79 Å². The van der Waals surface area contributed by atoms with E-state index in [4.69, 9.17) is 4.74 Å². The van der Waals surface area contributed by atoms with Crippen molar-refractivity contribution in [3.05, 3.63) is 47.0 Å². The molecule has 25 heavy (non-hydrogen) atoms. The quantitative estimate of drug-likeness (QED) is 0.642. The average Bonchev–Trinajstić information content (AvgIpc) is 2.49. The SMILES string of the molecule is CC(C)(C)c1cc(CO[C@@H]2CCC=CCCC2=O)cc(C(C)(C)C)c1. The van der Waals surface area contributed by atoms with Gasteiger partial charge < -0.3 is 4.74 Å². The fraction of sp³-hybridized carbons (Fsp3) is 0.609. The van der Waals surface area contributed by atoms with Crippen LogP contribution in [0.5, 0.6) is 0 Å². The van der Waals surface area contributed by atoms with Gasteiger partial charge in [-0.15, -0.1) is 0 Å². The Kier molecular flexibility index (Phi) is 6.26. The van der Waals surface area contributed by atoms with Crippen LogP contribution in [0, 0.1) is 0 Å². The molecule has 0 heterocycles. The van der Waals surface area contributed by atoms with Gasteiger partial charge in [0, 0.05) is 6.42 Å². The van der Waals surface area contributed by atoms with E-state index in [1.165, 1.54) is 16.7 Å². The summed E-state index contributed by atoms with van der Waals surface area (Å²) in [6.45, 7) is 13.9. The molecule has 0 fully saturated rings. The molecule has 0 aromatic heterocycles. The predicted molar refractivity (Wildman–Crippen MR) is 105 cm³/mol. The summed E-state index contributed by atoms with van der Waals surface area (Å²) in [5.41, 5.74) is 4.01. The third kappa shape index (κ3) is 5.81. The molecule has 1 aromatic rings. The van der Waals surface area contributed by atoms with Crippen LogP contribution in [-0.4, -0.2) is 11.9 Å². The standard InChI is InChI=1S/C23H34O2/c1-22(2,3)18-13-17(14-19(15-18)23(4,5)6)16-25-21-12-10-8-7-9-11-20(21)24/h7-8,13-15,21H,9-12,16H2,1-6H3/t21-/m1/s1. The van der Waals surface area contributed by atoms with Gasteiger partial charge in [0.15, 0.2) is 5.78 Å². The molecule has 1 aliphatic carbocycles. The lowest BCUT2D eigenvalue weighted by Crippen LogP contribution is -2.25. The highest BCUT2D eigenvalue weighted by atomic mass is 16.5. The van der Waals surface area contributed by atoms with E-state index in [1.54, 1.807) is 0 Å². The zero-order valence-electron chi connectivity index (χ0n) is 16.8. The van der Waals surface area contributed by atoms with E-state index in [0.29, 0.717) is 13.0 Å². The molecule has 0 spiro atoms. The highest BCUT2D eigenvalue weighted by molar-refractivity contribution is 5.83. The summed E-state index contributed by atoms with van der Waals surface area (Å²) in [5, 5.41) is 0. The van der Waals surface area contributed by atoms with E-state index < -0.39 is 0 Å². The first-order valence-corrected chi connectivity index (χ1v) is 9.51. The number of allylic oxidation sites excluding steroid dienone is 2. The highest BCUT2D eigenvalue weighted by Gasteiger charge is 2.22. The first kappa shape index (κ1) is 19.9. The van der Waals surface area contributed by atoms with Crippen molar-refractivity contribution in [2.24, 2.45) is 0 Å². The van der Waals surface area contributed by atoms with Gasteiger partial charge in [-0.2, -0.15) is 0 Å². The Labute approximate surface area is 153 Å². The first-order chi connectivity index (χ1) is 11.6. The normalized spacial score (nSPS) is 19.6. The van der Waals surface area contributed by atoms with Crippen LogP contribution in [0.1, 0.15) is 83.9 Å². The van der Waals surface area contributed by atoms with Crippen LogP contribution in [0.3, 0.4) is 0 Å². The first-order valence-electron chi connectivity index (χ1n) is 9.51. The fourth-order valence-corrected chi connectivity index (χ4v) is 3.05. The zero-order valence-corrected chi connectivity index (χ0v) is 16.8. The van der Waals surface area contributed by atoms with Gasteiger partial charge in [0.25, 0.3) is 0 Å². The summed E-state index contributed by atoms with van der Waals surface area (Å²) in [7, 11) is 0.